The van der Waals surface area contributed by atoms with Gasteiger partial charge >= 0.3 is 5.97 Å². The summed E-state index contributed by atoms with van der Waals surface area (Å²) >= 11 is 1.30. The summed E-state index contributed by atoms with van der Waals surface area (Å²) in [4.78, 5) is 16.2. The Labute approximate surface area is 105 Å². The zero-order valence-corrected chi connectivity index (χ0v) is 11.1. The molecule has 2 rings (SSSR count). The van der Waals surface area contributed by atoms with Crippen molar-refractivity contribution in [3.05, 3.63) is 15.6 Å². The van der Waals surface area contributed by atoms with Gasteiger partial charge in [0.25, 0.3) is 0 Å². The van der Waals surface area contributed by atoms with Gasteiger partial charge in [-0.3, -0.25) is 0 Å². The van der Waals surface area contributed by atoms with Crippen LogP contribution in [-0.4, -0.2) is 29.3 Å². The van der Waals surface area contributed by atoms with Crippen molar-refractivity contribution in [1.29, 1.82) is 0 Å². The van der Waals surface area contributed by atoms with E-state index in [-0.39, 0.29) is 11.3 Å². The molecule has 0 spiro atoms. The summed E-state index contributed by atoms with van der Waals surface area (Å²) in [7, 11) is 0. The van der Waals surface area contributed by atoms with Crippen molar-refractivity contribution in [2.24, 2.45) is 0 Å². The number of carbonyl (C=O) groups is 1. The molecule has 1 atom stereocenters. The maximum absolute atomic E-state index is 11.2. The third kappa shape index (κ3) is 2.50. The maximum Gasteiger partial charge on any atom is 0.347 e. The lowest BCUT2D eigenvalue weighted by molar-refractivity contribution is 0.0699. The third-order valence-corrected chi connectivity index (χ3v) is 4.03. The minimum atomic E-state index is -0.877. The van der Waals surface area contributed by atoms with Crippen LogP contribution < -0.4 is 0 Å². The van der Waals surface area contributed by atoms with Crippen LogP contribution in [0.2, 0.25) is 0 Å². The van der Waals surface area contributed by atoms with E-state index in [0.29, 0.717) is 17.2 Å². The summed E-state index contributed by atoms with van der Waals surface area (Å²) in [5, 5.41) is 10.1. The van der Waals surface area contributed by atoms with Crippen molar-refractivity contribution in [1.82, 2.24) is 4.98 Å². The first kappa shape index (κ1) is 12.5. The van der Waals surface area contributed by atoms with Crippen LogP contribution in [0.15, 0.2) is 0 Å². The molecule has 1 aliphatic rings. The highest BCUT2D eigenvalue weighted by Gasteiger charge is 2.30. The molecule has 1 aromatic rings. The van der Waals surface area contributed by atoms with Gasteiger partial charge in [-0.25, -0.2) is 9.78 Å². The molecular formula is C12H17NO3S. The van der Waals surface area contributed by atoms with Gasteiger partial charge in [-0.15, -0.1) is 11.3 Å². The van der Waals surface area contributed by atoms with Gasteiger partial charge in [0.2, 0.25) is 0 Å². The molecule has 0 aromatic carbocycles. The van der Waals surface area contributed by atoms with Crippen LogP contribution in [0.25, 0.3) is 0 Å². The molecule has 4 nitrogen and oxygen atoms in total. The monoisotopic (exact) mass is 255 g/mol. The molecular weight excluding hydrogens is 238 g/mol. The number of nitrogens with zero attached hydrogens (tertiary/aromatic N) is 1. The number of hydrogen-bond acceptors (Lipinski definition) is 4. The first-order valence-electron chi connectivity index (χ1n) is 5.72. The van der Waals surface area contributed by atoms with Crippen LogP contribution in [0.4, 0.5) is 0 Å². The highest BCUT2D eigenvalue weighted by molar-refractivity contribution is 7.13. The molecule has 17 heavy (non-hydrogen) atoms. The van der Waals surface area contributed by atoms with E-state index in [9.17, 15) is 9.90 Å². The summed E-state index contributed by atoms with van der Waals surface area (Å²) in [6, 6.07) is 0. The van der Waals surface area contributed by atoms with Crippen molar-refractivity contribution in [2.45, 2.75) is 38.5 Å². The van der Waals surface area contributed by atoms with Gasteiger partial charge in [0.1, 0.15) is 4.88 Å². The van der Waals surface area contributed by atoms with E-state index in [1.165, 1.54) is 11.3 Å². The van der Waals surface area contributed by atoms with Gasteiger partial charge in [-0.2, -0.15) is 0 Å². The Kier molecular flexibility index (Phi) is 3.23. The minimum Gasteiger partial charge on any atom is -0.477 e. The second-order valence-corrected chi connectivity index (χ2v) is 6.38. The molecule has 0 amide bonds. The second-order valence-electron chi connectivity index (χ2n) is 5.35. The van der Waals surface area contributed by atoms with Crippen molar-refractivity contribution >= 4 is 17.3 Å². The first-order chi connectivity index (χ1) is 7.89. The van der Waals surface area contributed by atoms with Crippen molar-refractivity contribution in [3.8, 4) is 0 Å². The Hall–Kier alpha value is -0.940. The van der Waals surface area contributed by atoms with Gasteiger partial charge in [-0.1, -0.05) is 20.8 Å². The van der Waals surface area contributed by atoms with E-state index in [1.807, 2.05) is 20.8 Å². The van der Waals surface area contributed by atoms with E-state index in [4.69, 9.17) is 4.74 Å². The van der Waals surface area contributed by atoms with Gasteiger partial charge in [0.15, 0.2) is 0 Å². The highest BCUT2D eigenvalue weighted by atomic mass is 32.1. The molecule has 0 bridgehead atoms. The molecule has 0 aliphatic carbocycles. The van der Waals surface area contributed by atoms with Gasteiger partial charge in [0.05, 0.1) is 17.3 Å². The van der Waals surface area contributed by atoms with E-state index in [0.717, 1.165) is 18.0 Å². The smallest absolute Gasteiger partial charge is 0.347 e. The van der Waals surface area contributed by atoms with Crippen LogP contribution in [-0.2, 0) is 10.2 Å². The molecule has 1 saturated heterocycles. The highest BCUT2D eigenvalue weighted by Crippen LogP contribution is 2.35. The lowest BCUT2D eigenvalue weighted by Gasteiger charge is -2.16. The van der Waals surface area contributed by atoms with E-state index < -0.39 is 5.97 Å². The molecule has 1 unspecified atom stereocenters. The standard InChI is InChI=1S/C12H17NO3S/c1-12(2,3)9-8(11(14)15)17-10(13-9)7-4-5-16-6-7/h7H,4-6H2,1-3H3,(H,14,15). The predicted octanol–water partition coefficient (Wildman–Crippen LogP) is 2.64. The Morgan fingerprint density at radius 1 is 1.53 bits per heavy atom. The Morgan fingerprint density at radius 2 is 2.24 bits per heavy atom. The zero-order valence-electron chi connectivity index (χ0n) is 10.3. The lowest BCUT2D eigenvalue weighted by atomic mass is 9.91. The quantitative estimate of drug-likeness (QED) is 0.882. The lowest BCUT2D eigenvalue weighted by Crippen LogP contribution is -2.16. The molecule has 1 fully saturated rings. The number of rotatable bonds is 2. The summed E-state index contributed by atoms with van der Waals surface area (Å²) in [5.74, 6) is -0.605. The van der Waals surface area contributed by atoms with Crippen LogP contribution in [0.5, 0.6) is 0 Å². The molecule has 1 aromatic heterocycles. The first-order valence-corrected chi connectivity index (χ1v) is 6.53. The van der Waals surface area contributed by atoms with Gasteiger partial charge in [0, 0.05) is 17.9 Å². The molecule has 1 aliphatic heterocycles. The van der Waals surface area contributed by atoms with Crippen LogP contribution in [0.3, 0.4) is 0 Å². The fraction of sp³-hybridized carbons (Fsp3) is 0.667. The fourth-order valence-corrected chi connectivity index (χ4v) is 3.13. The number of aromatic nitrogens is 1. The summed E-state index contributed by atoms with van der Waals surface area (Å²) in [6.07, 6.45) is 0.941. The third-order valence-electron chi connectivity index (χ3n) is 2.83. The molecule has 1 N–H and O–H groups in total. The summed E-state index contributed by atoms with van der Waals surface area (Å²) < 4.78 is 5.33. The zero-order chi connectivity index (χ0) is 12.6. The molecule has 94 valence electrons. The molecule has 0 saturated carbocycles. The van der Waals surface area contributed by atoms with E-state index >= 15 is 0 Å². The summed E-state index contributed by atoms with van der Waals surface area (Å²) in [5.41, 5.74) is 0.457. The number of carboxylic acids is 1. The topological polar surface area (TPSA) is 59.4 Å². The largest absolute Gasteiger partial charge is 0.477 e. The number of thiazole rings is 1. The fourth-order valence-electron chi connectivity index (χ4n) is 1.89. The number of aromatic carboxylic acids is 1. The van der Waals surface area contributed by atoms with Gasteiger partial charge < -0.3 is 9.84 Å². The Balaban J connectivity index is 2.40. The number of ether oxygens (including phenoxy) is 1. The van der Waals surface area contributed by atoms with Crippen molar-refractivity contribution in [3.63, 3.8) is 0 Å². The molecule has 2 heterocycles. The van der Waals surface area contributed by atoms with E-state index in [1.54, 1.807) is 0 Å². The number of carboxylic acid groups (broad SMARTS) is 1. The van der Waals surface area contributed by atoms with Crippen LogP contribution in [0.1, 0.15) is 53.5 Å². The van der Waals surface area contributed by atoms with Crippen LogP contribution >= 0.6 is 11.3 Å². The maximum atomic E-state index is 11.2. The summed E-state index contributed by atoms with van der Waals surface area (Å²) in [6.45, 7) is 7.38. The average molecular weight is 255 g/mol. The van der Waals surface area contributed by atoms with Crippen molar-refractivity contribution in [2.75, 3.05) is 13.2 Å². The second kappa shape index (κ2) is 4.38. The normalized spacial score (nSPS) is 20.8. The molecule has 0 radical (unpaired) electrons. The van der Waals surface area contributed by atoms with E-state index in [2.05, 4.69) is 4.98 Å². The Morgan fingerprint density at radius 3 is 2.65 bits per heavy atom. The average Bonchev–Trinajstić information content (AvgIpc) is 2.85. The SMILES string of the molecule is CC(C)(C)c1nc(C2CCOC2)sc1C(=O)O. The Bertz CT molecular complexity index is 427. The van der Waals surface area contributed by atoms with Gasteiger partial charge in [-0.05, 0) is 6.42 Å². The van der Waals surface area contributed by atoms with Crippen molar-refractivity contribution < 1.29 is 14.6 Å². The predicted molar refractivity (Wildman–Crippen MR) is 66.0 cm³/mol. The van der Waals surface area contributed by atoms with Crippen LogP contribution in [0, 0.1) is 0 Å². The minimum absolute atomic E-state index is 0.234. The molecule has 5 heteroatoms. The number of hydrogen-bond donors (Lipinski definition) is 1.